The van der Waals surface area contributed by atoms with E-state index in [4.69, 9.17) is 5.14 Å². The van der Waals surface area contributed by atoms with Crippen molar-refractivity contribution < 1.29 is 8.42 Å². The summed E-state index contributed by atoms with van der Waals surface area (Å²) in [7, 11) is -3.78. The number of hydrogen-bond acceptors (Lipinski definition) is 7. The molecule has 1 aliphatic heterocycles. The molecule has 2 heterocycles. The highest BCUT2D eigenvalue weighted by Gasteiger charge is 2.29. The van der Waals surface area contributed by atoms with Crippen molar-refractivity contribution in [1.82, 2.24) is 15.4 Å². The highest BCUT2D eigenvalue weighted by atomic mass is 32.2. The van der Waals surface area contributed by atoms with E-state index >= 15 is 0 Å². The molecule has 1 aromatic heterocycles. The van der Waals surface area contributed by atoms with Crippen molar-refractivity contribution >= 4 is 33.4 Å². The Morgan fingerprint density at radius 3 is 2.96 bits per heavy atom. The lowest BCUT2D eigenvalue weighted by atomic mass is 9.86. The highest BCUT2D eigenvalue weighted by Crippen LogP contribution is 2.32. The maximum atomic E-state index is 11.5. The number of nitrogens with zero attached hydrogens (tertiary/aromatic N) is 3. The standard InChI is InChI=1S/C18H18N6O2S/c1-11-9-20-18(22-12-4-2-5-13(8-12)27(19,25)26)23-17(11)14-6-3-7-16-15(14)10-21-24-16/h2-10,15-16,24H,1H3,(H2,19,25,26)(H,20,22,23). The lowest BCUT2D eigenvalue weighted by Gasteiger charge is -2.22. The van der Waals surface area contributed by atoms with Crippen LogP contribution in [0.3, 0.4) is 0 Å². The normalized spacial score (nSPS) is 20.7. The van der Waals surface area contributed by atoms with Crippen LogP contribution in [-0.2, 0) is 10.0 Å². The van der Waals surface area contributed by atoms with Crippen LogP contribution in [0.25, 0.3) is 5.57 Å². The van der Waals surface area contributed by atoms with Gasteiger partial charge in [-0.2, -0.15) is 5.10 Å². The first-order chi connectivity index (χ1) is 12.9. The minimum absolute atomic E-state index is 0.0241. The van der Waals surface area contributed by atoms with E-state index in [1.165, 1.54) is 12.1 Å². The van der Waals surface area contributed by atoms with Crippen molar-refractivity contribution in [1.29, 1.82) is 0 Å². The molecule has 0 fully saturated rings. The quantitative estimate of drug-likeness (QED) is 0.740. The molecule has 1 aromatic carbocycles. The third-order valence-electron chi connectivity index (χ3n) is 4.46. The molecule has 1 aliphatic carbocycles. The Morgan fingerprint density at radius 2 is 2.15 bits per heavy atom. The van der Waals surface area contributed by atoms with Crippen LogP contribution in [0.1, 0.15) is 11.3 Å². The largest absolute Gasteiger partial charge is 0.324 e. The van der Waals surface area contributed by atoms with Crippen LogP contribution in [-0.4, -0.2) is 30.6 Å². The maximum absolute atomic E-state index is 11.5. The fourth-order valence-electron chi connectivity index (χ4n) is 3.12. The Morgan fingerprint density at radius 1 is 1.30 bits per heavy atom. The van der Waals surface area contributed by atoms with E-state index in [1.807, 2.05) is 25.3 Å². The number of allylic oxidation sites excluding steroid dienone is 2. The van der Waals surface area contributed by atoms with Crippen LogP contribution in [0.2, 0.25) is 0 Å². The van der Waals surface area contributed by atoms with Crippen molar-refractivity contribution in [2.45, 2.75) is 17.9 Å². The molecule has 0 saturated carbocycles. The molecule has 0 bridgehead atoms. The topological polar surface area (TPSA) is 122 Å². The van der Waals surface area contributed by atoms with Gasteiger partial charge in [-0.25, -0.2) is 23.5 Å². The van der Waals surface area contributed by atoms with E-state index in [1.54, 1.807) is 18.3 Å². The molecule has 9 heteroatoms. The van der Waals surface area contributed by atoms with Gasteiger partial charge in [-0.1, -0.05) is 24.3 Å². The second-order valence-corrected chi connectivity index (χ2v) is 7.95. The summed E-state index contributed by atoms with van der Waals surface area (Å²) >= 11 is 0. The summed E-state index contributed by atoms with van der Waals surface area (Å²) in [4.78, 5) is 8.98. The average Bonchev–Trinajstić information content (AvgIpc) is 3.12. The number of nitrogens with one attached hydrogen (secondary N) is 2. The summed E-state index contributed by atoms with van der Waals surface area (Å²) in [6, 6.07) is 6.35. The average molecular weight is 382 g/mol. The Bertz CT molecular complexity index is 1090. The SMILES string of the molecule is Cc1cnc(Nc2cccc(S(N)(=O)=O)c2)nc1C1=CC=CC2NN=CC12. The van der Waals surface area contributed by atoms with Crippen molar-refractivity contribution in [3.05, 3.63) is 59.9 Å². The van der Waals surface area contributed by atoms with E-state index in [9.17, 15) is 8.42 Å². The van der Waals surface area contributed by atoms with Crippen LogP contribution in [0.5, 0.6) is 0 Å². The molecule has 2 aliphatic rings. The van der Waals surface area contributed by atoms with E-state index in [0.717, 1.165) is 16.8 Å². The molecular formula is C18H18N6O2S. The Balaban J connectivity index is 1.67. The predicted molar refractivity (Wildman–Crippen MR) is 104 cm³/mol. The van der Waals surface area contributed by atoms with Gasteiger partial charge in [0, 0.05) is 24.0 Å². The van der Waals surface area contributed by atoms with Crippen LogP contribution < -0.4 is 15.9 Å². The number of anilines is 2. The Labute approximate surface area is 157 Å². The fraction of sp³-hybridized carbons (Fsp3) is 0.167. The van der Waals surface area contributed by atoms with Gasteiger partial charge in [0.1, 0.15) is 0 Å². The molecule has 2 unspecified atom stereocenters. The summed E-state index contributed by atoms with van der Waals surface area (Å²) in [5.74, 6) is 0.485. The molecule has 27 heavy (non-hydrogen) atoms. The number of nitrogens with two attached hydrogens (primary N) is 1. The minimum atomic E-state index is -3.78. The third-order valence-corrected chi connectivity index (χ3v) is 5.37. The van der Waals surface area contributed by atoms with Gasteiger partial charge >= 0.3 is 0 Å². The van der Waals surface area contributed by atoms with E-state index < -0.39 is 10.0 Å². The van der Waals surface area contributed by atoms with E-state index in [0.29, 0.717) is 11.6 Å². The zero-order valence-electron chi connectivity index (χ0n) is 14.5. The molecule has 4 N–H and O–H groups in total. The summed E-state index contributed by atoms with van der Waals surface area (Å²) < 4.78 is 23.1. The van der Waals surface area contributed by atoms with Crippen LogP contribution in [0, 0.1) is 12.8 Å². The number of benzene rings is 1. The van der Waals surface area contributed by atoms with Crippen molar-refractivity contribution in [2.24, 2.45) is 16.2 Å². The zero-order chi connectivity index (χ0) is 19.0. The third kappa shape index (κ3) is 3.46. The summed E-state index contributed by atoms with van der Waals surface area (Å²) in [5.41, 5.74) is 6.43. The van der Waals surface area contributed by atoms with Gasteiger partial charge in [-0.05, 0) is 36.3 Å². The number of fused-ring (bicyclic) bond motifs is 1. The number of aryl methyl sites for hydroxylation is 1. The van der Waals surface area contributed by atoms with Crippen molar-refractivity contribution in [2.75, 3.05) is 5.32 Å². The summed E-state index contributed by atoms with van der Waals surface area (Å²) in [6.07, 6.45) is 9.70. The molecule has 8 nitrogen and oxygen atoms in total. The second-order valence-electron chi connectivity index (χ2n) is 6.39. The molecule has 138 valence electrons. The Kier molecular flexibility index (Phi) is 4.25. The molecule has 0 spiro atoms. The number of primary sulfonamides is 1. The summed E-state index contributed by atoms with van der Waals surface area (Å²) in [6.45, 7) is 1.95. The monoisotopic (exact) mass is 382 g/mol. The van der Waals surface area contributed by atoms with Crippen LogP contribution >= 0.6 is 0 Å². The molecule has 4 rings (SSSR count). The van der Waals surface area contributed by atoms with Gasteiger partial charge < -0.3 is 10.7 Å². The second kappa shape index (κ2) is 6.60. The molecule has 0 radical (unpaired) electrons. The number of hydrazone groups is 1. The molecule has 2 atom stereocenters. The van der Waals surface area contributed by atoms with Gasteiger partial charge in [0.2, 0.25) is 16.0 Å². The molecule has 0 saturated heterocycles. The lowest BCUT2D eigenvalue weighted by molar-refractivity contribution is 0.598. The molecular weight excluding hydrogens is 364 g/mol. The van der Waals surface area contributed by atoms with Gasteiger partial charge in [0.05, 0.1) is 16.6 Å². The fourth-order valence-corrected chi connectivity index (χ4v) is 3.68. The number of rotatable bonds is 4. The predicted octanol–water partition coefficient (Wildman–Crippen LogP) is 1.70. The smallest absolute Gasteiger partial charge is 0.238 e. The lowest BCUT2D eigenvalue weighted by Crippen LogP contribution is -2.28. The molecule has 0 amide bonds. The number of sulfonamides is 1. The first-order valence-corrected chi connectivity index (χ1v) is 9.87. The van der Waals surface area contributed by atoms with Crippen LogP contribution in [0.15, 0.2) is 58.7 Å². The van der Waals surface area contributed by atoms with Crippen LogP contribution in [0.4, 0.5) is 11.6 Å². The van der Waals surface area contributed by atoms with E-state index in [2.05, 4.69) is 31.9 Å². The van der Waals surface area contributed by atoms with E-state index in [-0.39, 0.29) is 16.9 Å². The first-order valence-electron chi connectivity index (χ1n) is 8.33. The van der Waals surface area contributed by atoms with Gasteiger partial charge in [0.15, 0.2) is 0 Å². The van der Waals surface area contributed by atoms with Crippen molar-refractivity contribution in [3.63, 3.8) is 0 Å². The van der Waals surface area contributed by atoms with Gasteiger partial charge in [-0.15, -0.1) is 0 Å². The van der Waals surface area contributed by atoms with Gasteiger partial charge in [0.25, 0.3) is 0 Å². The molecule has 2 aromatic rings. The Hall–Kier alpha value is -3.04. The van der Waals surface area contributed by atoms with Gasteiger partial charge in [-0.3, -0.25) is 0 Å². The highest BCUT2D eigenvalue weighted by molar-refractivity contribution is 7.89. The number of aromatic nitrogens is 2. The first kappa shape index (κ1) is 17.4. The zero-order valence-corrected chi connectivity index (χ0v) is 15.3. The maximum Gasteiger partial charge on any atom is 0.238 e. The number of hydrogen-bond donors (Lipinski definition) is 3. The van der Waals surface area contributed by atoms with Crippen molar-refractivity contribution in [3.8, 4) is 0 Å². The minimum Gasteiger partial charge on any atom is -0.324 e. The summed E-state index contributed by atoms with van der Waals surface area (Å²) in [5, 5.41) is 12.4.